The summed E-state index contributed by atoms with van der Waals surface area (Å²) in [5, 5.41) is 0. The van der Waals surface area contributed by atoms with E-state index in [2.05, 4.69) is 40.1 Å². The summed E-state index contributed by atoms with van der Waals surface area (Å²) in [5.74, 6) is 0. The lowest BCUT2D eigenvalue weighted by atomic mass is 10.0. The Morgan fingerprint density at radius 3 is 2.50 bits per heavy atom. The van der Waals surface area contributed by atoms with Crippen molar-refractivity contribution in [3.63, 3.8) is 0 Å². The molecule has 0 saturated carbocycles. The van der Waals surface area contributed by atoms with Gasteiger partial charge in [0.2, 0.25) is 0 Å². The van der Waals surface area contributed by atoms with Gasteiger partial charge >= 0.3 is 0 Å². The van der Waals surface area contributed by atoms with Gasteiger partial charge in [0.25, 0.3) is 0 Å². The summed E-state index contributed by atoms with van der Waals surface area (Å²) in [6.45, 7) is 6.25. The lowest BCUT2D eigenvalue weighted by Gasteiger charge is -2.51. The van der Waals surface area contributed by atoms with Gasteiger partial charge in [0.1, 0.15) is 0 Å². The Morgan fingerprint density at radius 2 is 1.86 bits per heavy atom. The van der Waals surface area contributed by atoms with E-state index in [0.29, 0.717) is 0 Å². The van der Waals surface area contributed by atoms with E-state index in [1.807, 2.05) is 0 Å². The van der Waals surface area contributed by atoms with Crippen molar-refractivity contribution in [1.82, 2.24) is 9.80 Å². The molecule has 74 valence electrons. The molecule has 3 aliphatic heterocycles. The van der Waals surface area contributed by atoms with Gasteiger partial charge in [-0.05, 0) is 5.56 Å². The summed E-state index contributed by atoms with van der Waals surface area (Å²) in [6, 6.07) is 11.6. The van der Waals surface area contributed by atoms with Gasteiger partial charge < -0.3 is 0 Å². The van der Waals surface area contributed by atoms with Crippen LogP contribution >= 0.6 is 0 Å². The Morgan fingerprint density at radius 1 is 1.07 bits per heavy atom. The smallest absolute Gasteiger partial charge is 0.0354 e. The fourth-order valence-electron chi connectivity index (χ4n) is 2.43. The normalized spacial score (nSPS) is 31.1. The second kappa shape index (κ2) is 3.37. The molecule has 3 saturated heterocycles. The molecular weight excluding hydrogens is 172 g/mol. The zero-order chi connectivity index (χ0) is 9.38. The summed E-state index contributed by atoms with van der Waals surface area (Å²) < 4.78 is 0. The predicted octanol–water partition coefficient (Wildman–Crippen LogP) is 1.19. The number of rotatable bonds is 2. The highest BCUT2D eigenvalue weighted by atomic mass is 15.4. The summed E-state index contributed by atoms with van der Waals surface area (Å²) in [5.41, 5.74) is 1.45. The molecule has 0 N–H and O–H groups in total. The van der Waals surface area contributed by atoms with Crippen LogP contribution in [-0.4, -0.2) is 42.0 Å². The first-order chi connectivity index (χ1) is 6.92. The number of fused-ring (bicyclic) bond motifs is 2. The summed E-state index contributed by atoms with van der Waals surface area (Å²) >= 11 is 0. The van der Waals surface area contributed by atoms with Crippen LogP contribution in [0, 0.1) is 0 Å². The van der Waals surface area contributed by atoms with Crippen molar-refractivity contribution < 1.29 is 0 Å². The topological polar surface area (TPSA) is 6.48 Å². The molecule has 0 radical (unpaired) electrons. The van der Waals surface area contributed by atoms with Gasteiger partial charge in [-0.1, -0.05) is 30.3 Å². The van der Waals surface area contributed by atoms with Gasteiger partial charge in [-0.25, -0.2) is 0 Å². The minimum Gasteiger partial charge on any atom is -0.299 e. The largest absolute Gasteiger partial charge is 0.299 e. The van der Waals surface area contributed by atoms with E-state index in [1.165, 1.54) is 31.7 Å². The second-order valence-electron chi connectivity index (χ2n) is 4.37. The van der Waals surface area contributed by atoms with Gasteiger partial charge in [-0.3, -0.25) is 9.80 Å². The fraction of sp³-hybridized carbons (Fsp3) is 0.500. The van der Waals surface area contributed by atoms with Crippen molar-refractivity contribution in [2.75, 3.05) is 26.2 Å². The molecule has 0 unspecified atom stereocenters. The van der Waals surface area contributed by atoms with E-state index in [-0.39, 0.29) is 0 Å². The van der Waals surface area contributed by atoms with E-state index >= 15 is 0 Å². The van der Waals surface area contributed by atoms with Crippen molar-refractivity contribution in [2.24, 2.45) is 0 Å². The highest BCUT2D eigenvalue weighted by Crippen LogP contribution is 2.22. The minimum absolute atomic E-state index is 0.837. The average molecular weight is 188 g/mol. The molecule has 2 nitrogen and oxygen atoms in total. The van der Waals surface area contributed by atoms with Crippen LogP contribution in [0.4, 0.5) is 0 Å². The average Bonchev–Trinajstić information content (AvgIpc) is 2.18. The zero-order valence-corrected chi connectivity index (χ0v) is 8.39. The molecular formula is C12H16N2. The highest BCUT2D eigenvalue weighted by Gasteiger charge is 2.36. The molecule has 0 atom stereocenters. The number of nitrogens with zero attached hydrogens (tertiary/aromatic N) is 2. The van der Waals surface area contributed by atoms with Crippen LogP contribution in [-0.2, 0) is 6.54 Å². The number of piperazine rings is 2. The van der Waals surface area contributed by atoms with Crippen molar-refractivity contribution in [2.45, 2.75) is 12.6 Å². The first kappa shape index (κ1) is 8.45. The lowest BCUT2D eigenvalue weighted by Crippen LogP contribution is -2.66. The monoisotopic (exact) mass is 188 g/mol. The number of benzene rings is 1. The molecule has 0 spiro atoms. The van der Waals surface area contributed by atoms with E-state index in [4.69, 9.17) is 0 Å². The molecule has 14 heavy (non-hydrogen) atoms. The highest BCUT2D eigenvalue weighted by molar-refractivity contribution is 5.15. The van der Waals surface area contributed by atoms with E-state index in [1.54, 1.807) is 0 Å². The molecule has 4 rings (SSSR count). The first-order valence-corrected chi connectivity index (χ1v) is 5.42. The fourth-order valence-corrected chi connectivity index (χ4v) is 2.43. The van der Waals surface area contributed by atoms with Gasteiger partial charge in [0.05, 0.1) is 0 Å². The van der Waals surface area contributed by atoms with Crippen LogP contribution in [0.15, 0.2) is 30.3 Å². The summed E-state index contributed by atoms with van der Waals surface area (Å²) in [6.07, 6.45) is 0. The third-order valence-corrected chi connectivity index (χ3v) is 3.39. The van der Waals surface area contributed by atoms with Crippen LogP contribution in [0.3, 0.4) is 0 Å². The molecule has 1 aromatic carbocycles. The standard InChI is InChI=1S/C12H16N2/c1-2-4-11(5-3-1)8-14-7-6-13-9-12(14)10-13/h1-5,12H,6-10H2. The zero-order valence-electron chi connectivity index (χ0n) is 8.39. The third kappa shape index (κ3) is 1.45. The van der Waals surface area contributed by atoms with Crippen molar-refractivity contribution in [3.05, 3.63) is 35.9 Å². The summed E-state index contributed by atoms with van der Waals surface area (Å²) in [7, 11) is 0. The third-order valence-electron chi connectivity index (χ3n) is 3.39. The molecule has 0 amide bonds. The number of hydrogen-bond acceptors (Lipinski definition) is 2. The van der Waals surface area contributed by atoms with Crippen LogP contribution in [0.1, 0.15) is 5.56 Å². The first-order valence-electron chi connectivity index (χ1n) is 5.42. The molecule has 2 heteroatoms. The summed E-state index contributed by atoms with van der Waals surface area (Å²) in [4.78, 5) is 5.15. The van der Waals surface area contributed by atoms with Gasteiger partial charge in [0, 0.05) is 38.8 Å². The molecule has 2 bridgehead atoms. The van der Waals surface area contributed by atoms with Crippen molar-refractivity contribution >= 4 is 0 Å². The Hall–Kier alpha value is -0.860. The van der Waals surface area contributed by atoms with Gasteiger partial charge in [-0.2, -0.15) is 0 Å². The SMILES string of the molecule is c1ccc(CN2CCN3CC2C3)cc1. The van der Waals surface area contributed by atoms with Crippen molar-refractivity contribution in [1.29, 1.82) is 0 Å². The molecule has 0 aromatic heterocycles. The Kier molecular flexibility index (Phi) is 2.03. The lowest BCUT2D eigenvalue weighted by molar-refractivity contribution is -0.0296. The van der Waals surface area contributed by atoms with E-state index < -0.39 is 0 Å². The van der Waals surface area contributed by atoms with Crippen LogP contribution < -0.4 is 0 Å². The van der Waals surface area contributed by atoms with Crippen LogP contribution in [0.5, 0.6) is 0 Å². The predicted molar refractivity (Wildman–Crippen MR) is 57.1 cm³/mol. The quantitative estimate of drug-likeness (QED) is 0.688. The minimum atomic E-state index is 0.837. The maximum Gasteiger partial charge on any atom is 0.0354 e. The van der Waals surface area contributed by atoms with E-state index in [0.717, 1.165) is 12.6 Å². The molecule has 3 heterocycles. The van der Waals surface area contributed by atoms with Gasteiger partial charge in [-0.15, -0.1) is 0 Å². The molecule has 1 aromatic rings. The molecule has 3 fully saturated rings. The van der Waals surface area contributed by atoms with Crippen LogP contribution in [0.2, 0.25) is 0 Å². The second-order valence-corrected chi connectivity index (χ2v) is 4.37. The molecule has 0 aliphatic carbocycles. The van der Waals surface area contributed by atoms with Crippen LogP contribution in [0.25, 0.3) is 0 Å². The Labute approximate surface area is 85.1 Å². The van der Waals surface area contributed by atoms with E-state index in [9.17, 15) is 0 Å². The Balaban J connectivity index is 1.67. The maximum absolute atomic E-state index is 2.62. The molecule has 3 aliphatic rings. The number of hydrogen-bond donors (Lipinski definition) is 0. The van der Waals surface area contributed by atoms with Gasteiger partial charge in [0.15, 0.2) is 0 Å². The maximum atomic E-state index is 2.62. The van der Waals surface area contributed by atoms with Crippen molar-refractivity contribution in [3.8, 4) is 0 Å². The Bertz CT molecular complexity index is 301.